The summed E-state index contributed by atoms with van der Waals surface area (Å²) < 4.78 is 71.1. The number of alkyl halides is 3. The second-order valence-electron chi connectivity index (χ2n) is 10.9. The third-order valence-corrected chi connectivity index (χ3v) is 9.56. The molecule has 7 nitrogen and oxygen atoms in total. The van der Waals surface area contributed by atoms with Crippen LogP contribution in [0.5, 0.6) is 0 Å². The maximum absolute atomic E-state index is 13.7. The van der Waals surface area contributed by atoms with Gasteiger partial charge in [0.15, 0.2) is 0 Å². The first kappa shape index (κ1) is 33.5. The van der Waals surface area contributed by atoms with Gasteiger partial charge in [-0.15, -0.1) is 0 Å². The molecular weight excluding hydrogens is 649 g/mol. The molecule has 0 unspecified atom stereocenters. The van der Waals surface area contributed by atoms with Gasteiger partial charge in [0.05, 0.1) is 34.6 Å². The number of nitrogens with one attached hydrogen (secondary N) is 1. The summed E-state index contributed by atoms with van der Waals surface area (Å²) in [6.07, 6.45) is -3.15. The third-order valence-electron chi connectivity index (χ3n) is 7.54. The van der Waals surface area contributed by atoms with Crippen LogP contribution in [0.1, 0.15) is 44.0 Å². The number of rotatable bonds is 9. The highest BCUT2D eigenvalue weighted by Gasteiger charge is 2.34. The fraction of sp³-hybridized carbons (Fsp3) is 0.143. The highest BCUT2D eigenvalue weighted by atomic mass is 35.5. The zero-order valence-corrected chi connectivity index (χ0v) is 27.2. The Bertz CT molecular complexity index is 2060. The van der Waals surface area contributed by atoms with E-state index in [-0.39, 0.29) is 22.7 Å². The molecule has 4 aromatic carbocycles. The smallest absolute Gasteiger partial charge is 0.317 e. The number of nitrogens with zero attached hydrogens (tertiary/aromatic N) is 3. The molecule has 0 aliphatic heterocycles. The number of hydrogen-bond donors (Lipinski definition) is 1. The molecule has 12 heteroatoms. The molecule has 1 aromatic heterocycles. The van der Waals surface area contributed by atoms with Gasteiger partial charge in [-0.25, -0.2) is 13.8 Å². The average Bonchev–Trinajstić information content (AvgIpc) is 3.31. The van der Waals surface area contributed by atoms with Gasteiger partial charge in [0.25, 0.3) is 15.9 Å². The summed E-state index contributed by atoms with van der Waals surface area (Å²) in [6, 6.07) is 26.5. The lowest BCUT2D eigenvalue weighted by molar-refractivity contribution is -0.137. The van der Waals surface area contributed by atoms with E-state index in [0.29, 0.717) is 33.2 Å². The number of aryl methyl sites for hydroxylation is 2. The van der Waals surface area contributed by atoms with Gasteiger partial charge in [0.2, 0.25) is 0 Å². The molecule has 0 spiro atoms. The number of amides is 1. The molecular formula is C35H30ClF3N4O3S. The molecule has 0 saturated heterocycles. The topological polar surface area (TPSA) is 83.8 Å². The normalized spacial score (nSPS) is 12.0. The maximum Gasteiger partial charge on any atom is 0.418 e. The first-order valence-corrected chi connectivity index (χ1v) is 16.2. The van der Waals surface area contributed by atoms with Crippen LogP contribution in [-0.2, 0) is 22.7 Å². The zero-order valence-electron chi connectivity index (χ0n) is 25.6. The Morgan fingerprint density at radius 3 is 2.26 bits per heavy atom. The standard InChI is InChI=1S/C35H30ClF3N4O3S/c1-23-11-17-31(18-12-23)47(45,46)42(30-8-6-7-29(36)20-30)22-26-13-15-27(16-14-26)34(44)41-40-21-28-19-24(2)43(25(28)3)33-10-5-4-9-32(33)35(37,38)39/h4-21H,22H2,1-3H3,(H,41,44)/b40-21-. The Morgan fingerprint density at radius 2 is 1.60 bits per heavy atom. The van der Waals surface area contributed by atoms with Crippen molar-refractivity contribution in [2.24, 2.45) is 5.10 Å². The van der Waals surface area contributed by atoms with Gasteiger partial charge >= 0.3 is 6.18 Å². The van der Waals surface area contributed by atoms with Crippen molar-refractivity contribution in [2.45, 2.75) is 38.4 Å². The SMILES string of the molecule is Cc1ccc(S(=O)(=O)N(Cc2ccc(C(=O)N/N=C\c3cc(C)n(-c4ccccc4C(F)(F)F)c3C)cc2)c2cccc(Cl)c2)cc1. The molecule has 0 aliphatic rings. The van der Waals surface area contributed by atoms with Crippen molar-refractivity contribution >= 4 is 39.4 Å². The molecule has 1 heterocycles. The Kier molecular flexibility index (Phi) is 9.60. The molecule has 5 rings (SSSR count). The summed E-state index contributed by atoms with van der Waals surface area (Å²) in [5, 5.41) is 4.41. The van der Waals surface area contributed by atoms with Gasteiger partial charge in [-0.3, -0.25) is 9.10 Å². The summed E-state index contributed by atoms with van der Waals surface area (Å²) in [5.74, 6) is -0.525. The van der Waals surface area contributed by atoms with E-state index in [1.165, 1.54) is 27.2 Å². The van der Waals surface area contributed by atoms with Gasteiger partial charge in [-0.2, -0.15) is 18.3 Å². The van der Waals surface area contributed by atoms with E-state index < -0.39 is 27.7 Å². The van der Waals surface area contributed by atoms with Crippen molar-refractivity contribution in [3.8, 4) is 5.69 Å². The van der Waals surface area contributed by atoms with Gasteiger partial charge in [-0.1, -0.05) is 59.6 Å². The highest BCUT2D eigenvalue weighted by molar-refractivity contribution is 7.92. The van der Waals surface area contributed by atoms with Crippen molar-refractivity contribution in [3.63, 3.8) is 0 Å². The molecule has 47 heavy (non-hydrogen) atoms. The number of para-hydroxylation sites is 1. The van der Waals surface area contributed by atoms with Crippen LogP contribution in [0.3, 0.4) is 0 Å². The largest absolute Gasteiger partial charge is 0.418 e. The molecule has 0 bridgehead atoms. The van der Waals surface area contributed by atoms with Crippen LogP contribution in [0.4, 0.5) is 18.9 Å². The lowest BCUT2D eigenvalue weighted by atomic mass is 10.1. The molecule has 1 amide bonds. The van der Waals surface area contributed by atoms with Crippen LogP contribution >= 0.6 is 11.6 Å². The minimum absolute atomic E-state index is 0.000585. The van der Waals surface area contributed by atoms with Crippen LogP contribution in [0, 0.1) is 20.8 Å². The van der Waals surface area contributed by atoms with E-state index in [1.54, 1.807) is 98.8 Å². The summed E-state index contributed by atoms with van der Waals surface area (Å²) in [6.45, 7) is 5.21. The van der Waals surface area contributed by atoms with Gasteiger partial charge in [0.1, 0.15) is 0 Å². The van der Waals surface area contributed by atoms with E-state index in [1.807, 2.05) is 6.92 Å². The number of sulfonamides is 1. The Balaban J connectivity index is 1.32. The predicted octanol–water partition coefficient (Wildman–Crippen LogP) is 8.23. The minimum Gasteiger partial charge on any atom is -0.317 e. The van der Waals surface area contributed by atoms with E-state index >= 15 is 0 Å². The maximum atomic E-state index is 13.7. The van der Waals surface area contributed by atoms with Crippen LogP contribution < -0.4 is 9.73 Å². The van der Waals surface area contributed by atoms with E-state index in [4.69, 9.17) is 11.6 Å². The Morgan fingerprint density at radius 1 is 0.915 bits per heavy atom. The van der Waals surface area contributed by atoms with Crippen LogP contribution in [0.15, 0.2) is 113 Å². The molecule has 0 atom stereocenters. The quantitative estimate of drug-likeness (QED) is 0.126. The molecule has 1 N–H and O–H groups in total. The molecule has 5 aromatic rings. The first-order chi connectivity index (χ1) is 22.3. The number of aromatic nitrogens is 1. The zero-order chi connectivity index (χ0) is 33.9. The number of carbonyl (C=O) groups excluding carboxylic acids is 1. The molecule has 0 radical (unpaired) electrons. The molecule has 0 aliphatic carbocycles. The van der Waals surface area contributed by atoms with Crippen molar-refractivity contribution in [3.05, 3.63) is 147 Å². The van der Waals surface area contributed by atoms with E-state index in [2.05, 4.69) is 10.5 Å². The van der Waals surface area contributed by atoms with Crippen molar-refractivity contribution in [2.75, 3.05) is 4.31 Å². The van der Waals surface area contributed by atoms with Crippen LogP contribution in [-0.4, -0.2) is 25.1 Å². The Hall–Kier alpha value is -4.87. The summed E-state index contributed by atoms with van der Waals surface area (Å²) in [7, 11) is -3.96. The average molecular weight is 679 g/mol. The summed E-state index contributed by atoms with van der Waals surface area (Å²) >= 11 is 6.19. The highest BCUT2D eigenvalue weighted by Crippen LogP contribution is 2.35. The fourth-order valence-corrected chi connectivity index (χ4v) is 6.76. The van der Waals surface area contributed by atoms with Gasteiger partial charge in [0, 0.05) is 27.5 Å². The third kappa shape index (κ3) is 7.42. The van der Waals surface area contributed by atoms with Gasteiger partial charge < -0.3 is 4.57 Å². The molecule has 242 valence electrons. The minimum atomic E-state index is -4.53. The number of carbonyl (C=O) groups is 1. The van der Waals surface area contributed by atoms with E-state index in [0.717, 1.165) is 11.6 Å². The monoisotopic (exact) mass is 678 g/mol. The number of halogens is 4. The number of anilines is 1. The molecule has 0 saturated carbocycles. The van der Waals surface area contributed by atoms with Crippen LogP contribution in [0.25, 0.3) is 5.69 Å². The van der Waals surface area contributed by atoms with Crippen LogP contribution in [0.2, 0.25) is 5.02 Å². The Labute approximate surface area is 276 Å². The van der Waals surface area contributed by atoms with Crippen molar-refractivity contribution in [1.29, 1.82) is 0 Å². The lowest BCUT2D eigenvalue weighted by Gasteiger charge is -2.25. The van der Waals surface area contributed by atoms with Gasteiger partial charge in [-0.05, 0) is 87.0 Å². The second kappa shape index (κ2) is 13.5. The number of benzene rings is 4. The predicted molar refractivity (Wildman–Crippen MR) is 178 cm³/mol. The molecule has 0 fully saturated rings. The first-order valence-electron chi connectivity index (χ1n) is 14.4. The van der Waals surface area contributed by atoms with E-state index in [9.17, 15) is 26.4 Å². The van der Waals surface area contributed by atoms with Crippen molar-refractivity contribution in [1.82, 2.24) is 9.99 Å². The summed E-state index contributed by atoms with van der Waals surface area (Å²) in [5.41, 5.74) is 5.50. The summed E-state index contributed by atoms with van der Waals surface area (Å²) in [4.78, 5) is 13.0. The lowest BCUT2D eigenvalue weighted by Crippen LogP contribution is -2.30. The second-order valence-corrected chi connectivity index (χ2v) is 13.2. The number of hydrazone groups is 1. The number of hydrogen-bond acceptors (Lipinski definition) is 4. The fourth-order valence-electron chi connectivity index (χ4n) is 5.13. The van der Waals surface area contributed by atoms with Crippen molar-refractivity contribution < 1.29 is 26.4 Å².